The van der Waals surface area contributed by atoms with Crippen molar-refractivity contribution in [3.05, 3.63) is 18.3 Å². The zero-order valence-corrected chi connectivity index (χ0v) is 23.6. The van der Waals surface area contributed by atoms with Crippen LogP contribution in [0.25, 0.3) is 11.2 Å². The van der Waals surface area contributed by atoms with Crippen LogP contribution in [0.4, 0.5) is 0 Å². The average molecular weight is 584 g/mol. The van der Waals surface area contributed by atoms with E-state index in [1.165, 1.54) is 6.33 Å². The number of phosphoric ester groups is 1. The molecule has 0 bridgehead atoms. The van der Waals surface area contributed by atoms with Crippen molar-refractivity contribution in [2.45, 2.75) is 84.0 Å². The summed E-state index contributed by atoms with van der Waals surface area (Å²) in [5.41, 5.74) is 1.93. The van der Waals surface area contributed by atoms with Crippen LogP contribution in [-0.2, 0) is 31.6 Å². The molecule has 0 spiro atoms. The number of hydrogen-bond donors (Lipinski definition) is 3. The van der Waals surface area contributed by atoms with Crippen molar-refractivity contribution in [3.8, 4) is 0 Å². The first kappa shape index (κ1) is 30.5. The molecule has 5 atom stereocenters. The van der Waals surface area contributed by atoms with E-state index >= 15 is 0 Å². The van der Waals surface area contributed by atoms with E-state index in [2.05, 4.69) is 30.5 Å². The van der Waals surface area contributed by atoms with Crippen molar-refractivity contribution in [1.82, 2.24) is 19.5 Å². The molecule has 2 aromatic heterocycles. The first-order valence-corrected chi connectivity index (χ1v) is 17.0. The summed E-state index contributed by atoms with van der Waals surface area (Å²) in [6.45, 7) is 3.48. The van der Waals surface area contributed by atoms with Crippen LogP contribution < -0.4 is 0 Å². The number of unbranched alkanes of at least 4 members (excludes halogenated alkanes) is 6. The molecule has 1 aliphatic heterocycles. The van der Waals surface area contributed by atoms with Crippen LogP contribution in [-0.4, -0.2) is 53.1 Å². The van der Waals surface area contributed by atoms with Gasteiger partial charge in [0.05, 0.1) is 30.9 Å². The smallest absolute Gasteiger partial charge is 0.352 e. The van der Waals surface area contributed by atoms with Gasteiger partial charge in [-0.25, -0.2) is 28.4 Å². The highest BCUT2D eigenvalue weighted by atomic mass is 31.3. The van der Waals surface area contributed by atoms with E-state index in [0.717, 1.165) is 32.1 Å². The summed E-state index contributed by atoms with van der Waals surface area (Å²) < 4.78 is 57.4. The van der Waals surface area contributed by atoms with Gasteiger partial charge in [-0.15, -0.1) is 0 Å². The normalized spacial score (nSPS) is 23.1. The van der Waals surface area contributed by atoms with Crippen LogP contribution in [0.1, 0.15) is 76.6 Å². The molecule has 14 nitrogen and oxygen atoms in total. The molecule has 3 heterocycles. The van der Waals surface area contributed by atoms with Gasteiger partial charge in [0, 0.05) is 0 Å². The zero-order valence-electron chi connectivity index (χ0n) is 20.9. The van der Waals surface area contributed by atoms with Gasteiger partial charge in [0.2, 0.25) is 0 Å². The maximum absolute atomic E-state index is 12.2. The SMILES string of the molecule is CCCCCCCCCP(=O)(O)OP(=O)(O)OP(=O)(O)OC[C@@H]1CC[C@H](n2cnc3c(C)ncnc32)O1. The minimum atomic E-state index is -5.37. The number of rotatable bonds is 16. The monoisotopic (exact) mass is 584 g/mol. The number of nitrogens with zero attached hydrogens (tertiary/aromatic N) is 4. The van der Waals surface area contributed by atoms with Gasteiger partial charge in [-0.05, 0) is 26.2 Å². The summed E-state index contributed by atoms with van der Waals surface area (Å²) in [7, 11) is -15.0. The largest absolute Gasteiger partial charge is 0.488 e. The van der Waals surface area contributed by atoms with Gasteiger partial charge in [-0.2, -0.15) is 4.31 Å². The van der Waals surface area contributed by atoms with Gasteiger partial charge in [0.25, 0.3) is 0 Å². The van der Waals surface area contributed by atoms with E-state index in [1.807, 2.05) is 0 Å². The van der Waals surface area contributed by atoms with Crippen molar-refractivity contribution < 1.29 is 46.3 Å². The molecule has 1 saturated heterocycles. The van der Waals surface area contributed by atoms with Gasteiger partial charge in [0.15, 0.2) is 5.65 Å². The molecule has 3 rings (SSSR count). The Morgan fingerprint density at radius 2 is 1.68 bits per heavy atom. The average Bonchev–Trinajstić information content (AvgIpc) is 3.43. The number of aryl methyl sites for hydroxylation is 1. The molecule has 1 aliphatic rings. The molecule has 210 valence electrons. The summed E-state index contributed by atoms with van der Waals surface area (Å²) in [4.78, 5) is 42.1. The van der Waals surface area contributed by atoms with Crippen LogP contribution in [0, 0.1) is 6.92 Å². The van der Waals surface area contributed by atoms with Gasteiger partial charge in [-0.1, -0.05) is 45.4 Å². The van der Waals surface area contributed by atoms with E-state index in [9.17, 15) is 28.4 Å². The lowest BCUT2D eigenvalue weighted by atomic mass is 10.1. The molecule has 3 unspecified atom stereocenters. The van der Waals surface area contributed by atoms with Gasteiger partial charge in [0.1, 0.15) is 18.1 Å². The van der Waals surface area contributed by atoms with Crippen molar-refractivity contribution in [3.63, 3.8) is 0 Å². The summed E-state index contributed by atoms with van der Waals surface area (Å²) in [5, 5.41) is 0. The van der Waals surface area contributed by atoms with E-state index in [4.69, 9.17) is 9.26 Å². The predicted molar refractivity (Wildman–Crippen MR) is 134 cm³/mol. The molecule has 0 aromatic carbocycles. The Morgan fingerprint density at radius 1 is 0.973 bits per heavy atom. The predicted octanol–water partition coefficient (Wildman–Crippen LogP) is 5.00. The fourth-order valence-electron chi connectivity index (χ4n) is 4.01. The number of phosphoric acid groups is 2. The molecule has 1 fully saturated rings. The van der Waals surface area contributed by atoms with E-state index in [1.54, 1.807) is 17.8 Å². The maximum atomic E-state index is 12.2. The van der Waals surface area contributed by atoms with Crippen molar-refractivity contribution in [2.24, 2.45) is 0 Å². The molecule has 17 heteroatoms. The second-order valence-electron chi connectivity index (χ2n) is 8.95. The first-order chi connectivity index (χ1) is 17.4. The van der Waals surface area contributed by atoms with Gasteiger partial charge >= 0.3 is 23.2 Å². The molecule has 37 heavy (non-hydrogen) atoms. The molecular weight excluding hydrogens is 549 g/mol. The Kier molecular flexibility index (Phi) is 11.0. The lowest BCUT2D eigenvalue weighted by molar-refractivity contribution is -0.0204. The van der Waals surface area contributed by atoms with E-state index in [0.29, 0.717) is 42.5 Å². The highest BCUT2D eigenvalue weighted by Crippen LogP contribution is 2.67. The van der Waals surface area contributed by atoms with E-state index < -0.39 is 42.2 Å². The Labute approximate surface area is 215 Å². The first-order valence-electron chi connectivity index (χ1n) is 12.3. The highest BCUT2D eigenvalue weighted by molar-refractivity contribution is 7.68. The number of imidazole rings is 1. The number of fused-ring (bicyclic) bond motifs is 1. The Balaban J connectivity index is 1.44. The minimum Gasteiger partial charge on any atom is -0.352 e. The van der Waals surface area contributed by atoms with Gasteiger partial charge < -0.3 is 19.4 Å². The summed E-state index contributed by atoms with van der Waals surface area (Å²) in [6, 6.07) is 0. The molecule has 0 amide bonds. The second kappa shape index (κ2) is 13.3. The van der Waals surface area contributed by atoms with Crippen LogP contribution in [0.15, 0.2) is 12.7 Å². The standard InChI is InChI=1S/C20H35N4O10P3/c1-3-4-5-6-7-8-9-12-35(25,26)33-37(29,30)34-36(27,28)31-13-17-10-11-18(32-17)24-15-23-19-16(2)21-14-22-20(19)24/h14-15,17-18H,3-13H2,1-2H3,(H,25,26)(H,27,28)(H,29,30)/t17-,18+/m0/s1. The maximum Gasteiger partial charge on any atom is 0.488 e. The van der Waals surface area contributed by atoms with Crippen molar-refractivity contribution in [2.75, 3.05) is 12.8 Å². The van der Waals surface area contributed by atoms with Crippen LogP contribution in [0.3, 0.4) is 0 Å². The summed E-state index contributed by atoms with van der Waals surface area (Å²) in [5.74, 6) is 0. The van der Waals surface area contributed by atoms with Gasteiger partial charge in [-0.3, -0.25) is 13.7 Å². The Bertz CT molecular complexity index is 1180. The van der Waals surface area contributed by atoms with Crippen LogP contribution in [0.5, 0.6) is 0 Å². The summed E-state index contributed by atoms with van der Waals surface area (Å²) >= 11 is 0. The number of ether oxygens (including phenoxy) is 1. The Hall–Kier alpha value is -1.04. The second-order valence-corrected chi connectivity index (χ2v) is 14.1. The lowest BCUT2D eigenvalue weighted by Gasteiger charge is -2.20. The number of aromatic nitrogens is 4. The molecule has 2 aromatic rings. The summed E-state index contributed by atoms with van der Waals surface area (Å²) in [6.07, 6.45) is 8.63. The number of hydrogen-bond acceptors (Lipinski definition) is 10. The molecule has 0 aliphatic carbocycles. The quantitative estimate of drug-likeness (QED) is 0.176. The molecule has 3 N–H and O–H groups in total. The zero-order chi connectivity index (χ0) is 27.1. The topological polar surface area (TPSA) is 192 Å². The third-order valence-electron chi connectivity index (χ3n) is 5.84. The fraction of sp³-hybridized carbons (Fsp3) is 0.750. The fourth-order valence-corrected chi connectivity index (χ4v) is 8.22. The third-order valence-corrected chi connectivity index (χ3v) is 10.7. The van der Waals surface area contributed by atoms with Crippen molar-refractivity contribution >= 4 is 34.4 Å². The van der Waals surface area contributed by atoms with Crippen molar-refractivity contribution in [1.29, 1.82) is 0 Å². The molecular formula is C20H35N4O10P3. The molecule has 0 radical (unpaired) electrons. The lowest BCUT2D eigenvalue weighted by Crippen LogP contribution is -2.16. The van der Waals surface area contributed by atoms with Crippen LogP contribution >= 0.6 is 23.2 Å². The molecule has 0 saturated carbocycles. The Morgan fingerprint density at radius 3 is 2.41 bits per heavy atom. The highest BCUT2D eigenvalue weighted by Gasteiger charge is 2.41. The third kappa shape index (κ3) is 9.58. The van der Waals surface area contributed by atoms with Crippen LogP contribution in [0.2, 0.25) is 0 Å². The van der Waals surface area contributed by atoms with E-state index in [-0.39, 0.29) is 6.16 Å². The minimum absolute atomic E-state index is 0.297.